The molecule has 0 amide bonds. The van der Waals surface area contributed by atoms with Gasteiger partial charge >= 0.3 is 5.97 Å². The largest absolute Gasteiger partial charge is 0.490 e. The van der Waals surface area contributed by atoms with E-state index in [1.807, 2.05) is 25.1 Å². The number of carbonyl (C=O) groups excluding carboxylic acids is 1. The van der Waals surface area contributed by atoms with Crippen LogP contribution in [0.1, 0.15) is 54.6 Å². The fourth-order valence-electron chi connectivity index (χ4n) is 4.09. The first-order valence-corrected chi connectivity index (χ1v) is 13.2. The zero-order valence-corrected chi connectivity index (χ0v) is 23.1. The number of carbonyl (C=O) groups is 1. The second kappa shape index (κ2) is 12.1. The minimum absolute atomic E-state index is 0.00314. The van der Waals surface area contributed by atoms with E-state index in [0.717, 1.165) is 22.0 Å². The summed E-state index contributed by atoms with van der Waals surface area (Å²) in [5.74, 6) is 1.47. The molecule has 1 heterocycles. The zero-order chi connectivity index (χ0) is 27.2. The SMILES string of the molecule is CCOc1cc(C2C(C#N)=C(N)Oc3cc(OC(=O)c4ccc(Br)cc4)ccc32)ccc1OCCC(C)C. The van der Waals surface area contributed by atoms with Crippen molar-refractivity contribution < 1.29 is 23.7 Å². The number of halogens is 1. The fraction of sp³-hybridized carbons (Fsp3) is 0.267. The smallest absolute Gasteiger partial charge is 0.343 e. The van der Waals surface area contributed by atoms with Crippen molar-refractivity contribution in [2.45, 2.75) is 33.1 Å². The van der Waals surface area contributed by atoms with E-state index in [1.165, 1.54) is 0 Å². The molecule has 0 radical (unpaired) electrons. The Labute approximate surface area is 230 Å². The highest BCUT2D eigenvalue weighted by molar-refractivity contribution is 9.10. The molecule has 0 saturated carbocycles. The summed E-state index contributed by atoms with van der Waals surface area (Å²) in [6.45, 7) is 7.24. The Morgan fingerprint density at radius 3 is 2.53 bits per heavy atom. The molecule has 38 heavy (non-hydrogen) atoms. The van der Waals surface area contributed by atoms with Crippen molar-refractivity contribution in [1.29, 1.82) is 5.26 Å². The molecule has 3 aromatic carbocycles. The third-order valence-corrected chi connectivity index (χ3v) is 6.56. The van der Waals surface area contributed by atoms with Gasteiger partial charge in [0.2, 0.25) is 5.88 Å². The summed E-state index contributed by atoms with van der Waals surface area (Å²) in [6.07, 6.45) is 0.924. The van der Waals surface area contributed by atoms with Crippen molar-refractivity contribution in [2.24, 2.45) is 11.7 Å². The summed E-state index contributed by atoms with van der Waals surface area (Å²) in [5, 5.41) is 9.94. The van der Waals surface area contributed by atoms with E-state index >= 15 is 0 Å². The first-order valence-electron chi connectivity index (χ1n) is 12.4. The van der Waals surface area contributed by atoms with Gasteiger partial charge in [-0.3, -0.25) is 0 Å². The van der Waals surface area contributed by atoms with Crippen molar-refractivity contribution in [3.05, 3.63) is 93.3 Å². The highest BCUT2D eigenvalue weighted by Crippen LogP contribution is 2.45. The number of nitrogens with zero attached hydrogens (tertiary/aromatic N) is 1. The first-order chi connectivity index (χ1) is 18.3. The Hall–Kier alpha value is -3.96. The van der Waals surface area contributed by atoms with Crippen LogP contribution in [0.15, 0.2) is 76.6 Å². The van der Waals surface area contributed by atoms with Crippen LogP contribution < -0.4 is 24.7 Å². The predicted octanol–water partition coefficient (Wildman–Crippen LogP) is 6.71. The predicted molar refractivity (Wildman–Crippen MR) is 147 cm³/mol. The van der Waals surface area contributed by atoms with Crippen LogP contribution in [0.25, 0.3) is 0 Å². The summed E-state index contributed by atoms with van der Waals surface area (Å²) in [7, 11) is 0. The lowest BCUT2D eigenvalue weighted by atomic mass is 9.83. The highest BCUT2D eigenvalue weighted by Gasteiger charge is 2.32. The van der Waals surface area contributed by atoms with Crippen molar-refractivity contribution in [1.82, 2.24) is 0 Å². The number of fused-ring (bicyclic) bond motifs is 1. The molecule has 1 aliphatic rings. The summed E-state index contributed by atoms with van der Waals surface area (Å²) >= 11 is 3.35. The number of allylic oxidation sites excluding steroid dienone is 1. The first kappa shape index (κ1) is 27.1. The highest BCUT2D eigenvalue weighted by atomic mass is 79.9. The molecule has 4 rings (SSSR count). The lowest BCUT2D eigenvalue weighted by Crippen LogP contribution is -2.21. The number of hydrogen-bond acceptors (Lipinski definition) is 7. The number of nitriles is 1. The molecule has 0 aliphatic carbocycles. The van der Waals surface area contributed by atoms with E-state index in [9.17, 15) is 10.1 Å². The maximum atomic E-state index is 12.6. The maximum Gasteiger partial charge on any atom is 0.343 e. The fourth-order valence-corrected chi connectivity index (χ4v) is 4.35. The van der Waals surface area contributed by atoms with Gasteiger partial charge in [-0.05, 0) is 67.3 Å². The van der Waals surface area contributed by atoms with Crippen LogP contribution in [-0.2, 0) is 0 Å². The van der Waals surface area contributed by atoms with Crippen LogP contribution in [0.5, 0.6) is 23.0 Å². The summed E-state index contributed by atoms with van der Waals surface area (Å²) < 4.78 is 24.1. The van der Waals surface area contributed by atoms with E-state index in [0.29, 0.717) is 47.7 Å². The van der Waals surface area contributed by atoms with Gasteiger partial charge in [-0.1, -0.05) is 41.9 Å². The van der Waals surface area contributed by atoms with Crippen LogP contribution in [0.2, 0.25) is 0 Å². The third kappa shape index (κ3) is 6.12. The van der Waals surface area contributed by atoms with Gasteiger partial charge in [-0.25, -0.2) is 4.79 Å². The molecule has 3 aromatic rings. The summed E-state index contributed by atoms with van der Waals surface area (Å²) in [6, 6.07) is 19.8. The molecule has 0 saturated heterocycles. The molecule has 7 nitrogen and oxygen atoms in total. The van der Waals surface area contributed by atoms with Gasteiger partial charge in [-0.15, -0.1) is 0 Å². The van der Waals surface area contributed by atoms with Gasteiger partial charge in [0.15, 0.2) is 11.5 Å². The zero-order valence-electron chi connectivity index (χ0n) is 21.5. The molecule has 0 spiro atoms. The third-order valence-electron chi connectivity index (χ3n) is 6.03. The molecule has 1 aliphatic heterocycles. The van der Waals surface area contributed by atoms with Gasteiger partial charge in [0, 0.05) is 16.1 Å². The molecule has 196 valence electrons. The Kier molecular flexibility index (Phi) is 8.59. The molecular formula is C30H29BrN2O5. The molecule has 1 unspecified atom stereocenters. The molecule has 1 atom stereocenters. The molecule has 2 N–H and O–H groups in total. The summed E-state index contributed by atoms with van der Waals surface area (Å²) in [5.41, 5.74) is 8.39. The van der Waals surface area contributed by atoms with Gasteiger partial charge in [0.25, 0.3) is 0 Å². The average molecular weight is 577 g/mol. The van der Waals surface area contributed by atoms with Gasteiger partial charge < -0.3 is 24.7 Å². The second-order valence-corrected chi connectivity index (χ2v) is 10.1. The monoisotopic (exact) mass is 576 g/mol. The Morgan fingerprint density at radius 2 is 1.84 bits per heavy atom. The van der Waals surface area contributed by atoms with Crippen LogP contribution in [0, 0.1) is 17.2 Å². The minimum Gasteiger partial charge on any atom is -0.490 e. The molecule has 0 bridgehead atoms. The molecule has 8 heteroatoms. The van der Waals surface area contributed by atoms with E-state index in [4.69, 9.17) is 24.7 Å². The van der Waals surface area contributed by atoms with Crippen LogP contribution >= 0.6 is 15.9 Å². The molecule has 0 fully saturated rings. The van der Waals surface area contributed by atoms with E-state index in [-0.39, 0.29) is 11.5 Å². The van der Waals surface area contributed by atoms with E-state index in [1.54, 1.807) is 42.5 Å². The number of rotatable bonds is 9. The van der Waals surface area contributed by atoms with Crippen molar-refractivity contribution in [3.8, 4) is 29.1 Å². The topological polar surface area (TPSA) is 104 Å². The number of nitrogens with two attached hydrogens (primary N) is 1. The lowest BCUT2D eigenvalue weighted by molar-refractivity contribution is 0.0734. The normalized spacial score (nSPS) is 14.4. The molecular weight excluding hydrogens is 548 g/mol. The van der Waals surface area contributed by atoms with Crippen molar-refractivity contribution >= 4 is 21.9 Å². The van der Waals surface area contributed by atoms with Gasteiger partial charge in [0.05, 0.1) is 24.7 Å². The lowest BCUT2D eigenvalue weighted by Gasteiger charge is -2.27. The minimum atomic E-state index is -0.500. The number of hydrogen-bond donors (Lipinski definition) is 1. The summed E-state index contributed by atoms with van der Waals surface area (Å²) in [4.78, 5) is 12.6. The number of benzene rings is 3. The quantitative estimate of drug-likeness (QED) is 0.223. The Bertz CT molecular complexity index is 1390. The van der Waals surface area contributed by atoms with Crippen LogP contribution in [0.3, 0.4) is 0 Å². The Balaban J connectivity index is 1.66. The molecule has 0 aromatic heterocycles. The van der Waals surface area contributed by atoms with Crippen molar-refractivity contribution in [2.75, 3.05) is 13.2 Å². The Morgan fingerprint density at radius 1 is 1.08 bits per heavy atom. The van der Waals surface area contributed by atoms with Crippen LogP contribution in [-0.4, -0.2) is 19.2 Å². The van der Waals surface area contributed by atoms with Crippen LogP contribution in [0.4, 0.5) is 0 Å². The number of ether oxygens (including phenoxy) is 4. The standard InChI is InChI=1S/C30H29BrN2O5/c1-4-35-27-15-20(7-12-25(27)36-14-13-18(2)3)28-23-11-10-22(16-26(23)38-29(33)24(28)17-32)37-30(34)19-5-8-21(31)9-6-19/h5-12,15-16,18,28H,4,13-14,33H2,1-3H3. The van der Waals surface area contributed by atoms with Gasteiger partial charge in [0.1, 0.15) is 23.1 Å². The maximum absolute atomic E-state index is 12.6. The van der Waals surface area contributed by atoms with E-state index < -0.39 is 11.9 Å². The average Bonchev–Trinajstić information content (AvgIpc) is 2.89. The van der Waals surface area contributed by atoms with Gasteiger partial charge in [-0.2, -0.15) is 5.26 Å². The second-order valence-electron chi connectivity index (χ2n) is 9.19. The number of esters is 1. The van der Waals surface area contributed by atoms with Crippen molar-refractivity contribution in [3.63, 3.8) is 0 Å². The van der Waals surface area contributed by atoms with E-state index in [2.05, 4.69) is 35.8 Å².